The number of fused-ring (bicyclic) bond motifs is 10. The van der Waals surface area contributed by atoms with Crippen molar-refractivity contribution in [2.24, 2.45) is 11.3 Å². The Hall–Kier alpha value is -6.22. The minimum absolute atomic E-state index is 0.122. The molecule has 4 aliphatic carbocycles. The van der Waals surface area contributed by atoms with Gasteiger partial charge in [0.25, 0.3) is 0 Å². The fraction of sp³-hybridized carbons (Fsp3) is 0.158. The lowest BCUT2D eigenvalue weighted by Crippen LogP contribution is -2.23. The third-order valence-electron chi connectivity index (χ3n) is 13.9. The van der Waals surface area contributed by atoms with Gasteiger partial charge in [0.1, 0.15) is 0 Å². The van der Waals surface area contributed by atoms with Gasteiger partial charge in [0.05, 0.1) is 0 Å². The monoisotopic (exact) mass is 777 g/mol. The molecule has 286 valence electrons. The number of allylic oxidation sites excluding steroid dienone is 12. The molecule has 0 N–H and O–H groups in total. The van der Waals surface area contributed by atoms with Crippen LogP contribution in [0.25, 0.3) is 48.0 Å². The van der Waals surface area contributed by atoms with E-state index in [0.29, 0.717) is 17.8 Å². The topological polar surface area (TPSA) is 3.24 Å². The first-order valence-corrected chi connectivity index (χ1v) is 22.0. The highest BCUT2D eigenvalue weighted by molar-refractivity contribution is 7.26. The molecule has 1 aromatic heterocycles. The molecule has 6 aromatic carbocycles. The second-order valence-electron chi connectivity index (χ2n) is 17.2. The predicted octanol–water partition coefficient (Wildman–Crippen LogP) is 16.4. The van der Waals surface area contributed by atoms with Crippen molar-refractivity contribution in [3.8, 4) is 22.3 Å². The molecular weight excluding hydrogens is 731 g/mol. The van der Waals surface area contributed by atoms with Crippen LogP contribution in [0.4, 0.5) is 17.1 Å². The highest BCUT2D eigenvalue weighted by atomic mass is 32.1. The molecule has 4 aliphatic rings. The van der Waals surface area contributed by atoms with Crippen LogP contribution in [0.2, 0.25) is 0 Å². The molecule has 0 spiro atoms. The Balaban J connectivity index is 1.04. The van der Waals surface area contributed by atoms with E-state index in [1.165, 1.54) is 81.4 Å². The molecule has 11 rings (SSSR count). The molecule has 2 heteroatoms. The molecule has 1 heterocycles. The van der Waals surface area contributed by atoms with Gasteiger partial charge in [-0.05, 0) is 130 Å². The number of benzene rings is 6. The smallest absolute Gasteiger partial charge is 0.0468 e. The van der Waals surface area contributed by atoms with Gasteiger partial charge in [-0.25, -0.2) is 0 Å². The minimum Gasteiger partial charge on any atom is -0.310 e. The average molecular weight is 778 g/mol. The Morgan fingerprint density at radius 2 is 1.32 bits per heavy atom. The number of anilines is 3. The van der Waals surface area contributed by atoms with Crippen LogP contribution in [-0.4, -0.2) is 0 Å². The van der Waals surface area contributed by atoms with Gasteiger partial charge >= 0.3 is 0 Å². The third-order valence-corrected chi connectivity index (χ3v) is 15.1. The summed E-state index contributed by atoms with van der Waals surface area (Å²) in [4.78, 5) is 2.47. The highest BCUT2D eigenvalue weighted by Crippen LogP contribution is 2.56. The van der Waals surface area contributed by atoms with Crippen molar-refractivity contribution in [2.45, 2.75) is 46.0 Å². The van der Waals surface area contributed by atoms with E-state index in [1.807, 2.05) is 11.3 Å². The molecule has 3 unspecified atom stereocenters. The minimum atomic E-state index is 0.122. The van der Waals surface area contributed by atoms with Crippen molar-refractivity contribution in [1.82, 2.24) is 0 Å². The normalized spacial score (nSPS) is 20.0. The van der Waals surface area contributed by atoms with Crippen molar-refractivity contribution < 1.29 is 0 Å². The van der Waals surface area contributed by atoms with E-state index < -0.39 is 0 Å². The maximum Gasteiger partial charge on any atom is 0.0468 e. The average Bonchev–Trinajstić information content (AvgIpc) is 3.75. The maximum absolute atomic E-state index is 2.47. The first-order valence-electron chi connectivity index (χ1n) is 21.1. The standard InChI is InChI=1S/C57H47NS/c1-5-14-43-36(2)57(3,4)54-34-38(27-31-50(43)54)37-25-28-40(29-26-37)58(42-30-32-49-47-19-7-6-17-45(47)46-18-8-9-20-48(46)53(49)35-42)41-16-12-15-39(33-41)44-22-13-23-52-51-21-10-11-24-55(51)59-56(44)52/h5-33,35,45,47,54H,34H2,1-4H3/b14-5-. The molecule has 0 fully saturated rings. The van der Waals surface area contributed by atoms with Crippen LogP contribution in [0.5, 0.6) is 0 Å². The van der Waals surface area contributed by atoms with Crippen molar-refractivity contribution in [3.63, 3.8) is 0 Å². The number of nitrogens with zero attached hydrogens (tertiary/aromatic N) is 1. The zero-order valence-corrected chi connectivity index (χ0v) is 34.9. The van der Waals surface area contributed by atoms with Gasteiger partial charge in [0.2, 0.25) is 0 Å². The van der Waals surface area contributed by atoms with Crippen LogP contribution in [0.15, 0.2) is 199 Å². The zero-order chi connectivity index (χ0) is 39.8. The van der Waals surface area contributed by atoms with E-state index in [9.17, 15) is 0 Å². The van der Waals surface area contributed by atoms with Gasteiger partial charge in [-0.1, -0.05) is 159 Å². The summed E-state index contributed by atoms with van der Waals surface area (Å²) in [6.45, 7) is 9.31. The van der Waals surface area contributed by atoms with Crippen LogP contribution in [0.1, 0.15) is 62.6 Å². The number of rotatable bonds is 6. The van der Waals surface area contributed by atoms with Crippen molar-refractivity contribution in [3.05, 3.63) is 215 Å². The van der Waals surface area contributed by atoms with E-state index in [4.69, 9.17) is 0 Å². The van der Waals surface area contributed by atoms with Crippen LogP contribution >= 0.6 is 11.3 Å². The summed E-state index contributed by atoms with van der Waals surface area (Å²) in [6.07, 6.45) is 19.5. The highest BCUT2D eigenvalue weighted by Gasteiger charge is 2.43. The van der Waals surface area contributed by atoms with Crippen LogP contribution in [-0.2, 0) is 0 Å². The number of hydrogen-bond acceptors (Lipinski definition) is 2. The lowest BCUT2D eigenvalue weighted by Gasteiger charge is -2.35. The first kappa shape index (κ1) is 35.9. The van der Waals surface area contributed by atoms with Gasteiger partial charge in [0.15, 0.2) is 0 Å². The Bertz CT molecular complexity index is 3030. The van der Waals surface area contributed by atoms with Crippen molar-refractivity contribution in [2.75, 3.05) is 4.90 Å². The Labute approximate surface area is 352 Å². The summed E-state index contributed by atoms with van der Waals surface area (Å²) in [5, 5.41) is 2.65. The fourth-order valence-corrected chi connectivity index (χ4v) is 11.8. The second-order valence-corrected chi connectivity index (χ2v) is 18.3. The summed E-state index contributed by atoms with van der Waals surface area (Å²) in [5.41, 5.74) is 18.6. The molecule has 1 nitrogen and oxygen atoms in total. The van der Waals surface area contributed by atoms with Crippen molar-refractivity contribution in [1.29, 1.82) is 0 Å². The molecule has 0 radical (unpaired) electrons. The van der Waals surface area contributed by atoms with E-state index >= 15 is 0 Å². The summed E-state index contributed by atoms with van der Waals surface area (Å²) >= 11 is 1.89. The Kier molecular flexibility index (Phi) is 8.50. The Morgan fingerprint density at radius 1 is 0.627 bits per heavy atom. The molecule has 0 amide bonds. The lowest BCUT2D eigenvalue weighted by atomic mass is 9.70. The van der Waals surface area contributed by atoms with E-state index in [-0.39, 0.29) is 5.41 Å². The number of hydrogen-bond donors (Lipinski definition) is 0. The van der Waals surface area contributed by atoms with E-state index in [1.54, 1.807) is 0 Å². The molecule has 0 bridgehead atoms. The largest absolute Gasteiger partial charge is 0.310 e. The zero-order valence-electron chi connectivity index (χ0n) is 34.1. The maximum atomic E-state index is 2.47. The van der Waals surface area contributed by atoms with Gasteiger partial charge in [-0.15, -0.1) is 11.3 Å². The summed E-state index contributed by atoms with van der Waals surface area (Å²) in [5.74, 6) is 1.16. The quantitative estimate of drug-likeness (QED) is 0.163. The van der Waals surface area contributed by atoms with E-state index in [0.717, 1.165) is 23.5 Å². The fourth-order valence-electron chi connectivity index (χ4n) is 10.6. The second kappa shape index (κ2) is 14.0. The molecule has 0 saturated heterocycles. The first-order chi connectivity index (χ1) is 28.9. The summed E-state index contributed by atoms with van der Waals surface area (Å²) < 4.78 is 2.66. The summed E-state index contributed by atoms with van der Waals surface area (Å²) in [6, 6.07) is 50.3. The molecule has 7 aromatic rings. The number of thiophene rings is 1. The molecule has 59 heavy (non-hydrogen) atoms. The third kappa shape index (κ3) is 5.72. The molecule has 0 aliphatic heterocycles. The van der Waals surface area contributed by atoms with Gasteiger partial charge in [-0.3, -0.25) is 0 Å². The lowest BCUT2D eigenvalue weighted by molar-refractivity contribution is 0.333. The van der Waals surface area contributed by atoms with E-state index in [2.05, 4.69) is 215 Å². The molecule has 0 saturated carbocycles. The van der Waals surface area contributed by atoms with Crippen LogP contribution in [0, 0.1) is 11.3 Å². The van der Waals surface area contributed by atoms with Crippen LogP contribution in [0.3, 0.4) is 0 Å². The van der Waals surface area contributed by atoms with Crippen molar-refractivity contribution >= 4 is 54.1 Å². The van der Waals surface area contributed by atoms with Gasteiger partial charge in [-0.2, -0.15) is 0 Å². The SMILES string of the molecule is C/C=C\C1=C(C)C(C)(C)C2CC(c3ccc(N(c4cccc(-c5cccc6c5sc5ccccc56)c4)c4ccc5c(c4)-c4ccccc4C4C=CC=CC54)cc3)=CC=C12. The van der Waals surface area contributed by atoms with Gasteiger partial charge in [0, 0.05) is 49.1 Å². The summed E-state index contributed by atoms with van der Waals surface area (Å²) in [7, 11) is 0. The predicted molar refractivity (Wildman–Crippen MR) is 254 cm³/mol. The molecule has 3 atom stereocenters. The Morgan fingerprint density at radius 3 is 2.15 bits per heavy atom. The van der Waals surface area contributed by atoms with Crippen LogP contribution < -0.4 is 4.90 Å². The molecular formula is C57H47NS. The van der Waals surface area contributed by atoms with Gasteiger partial charge < -0.3 is 4.90 Å².